The number of halogens is 1. The minimum absolute atomic E-state index is 0.141. The average Bonchev–Trinajstić information content (AvgIpc) is 2.94. The van der Waals surface area contributed by atoms with Gasteiger partial charge in [0.1, 0.15) is 11.4 Å². The van der Waals surface area contributed by atoms with E-state index in [1.165, 1.54) is 32.1 Å². The number of carbonyl (C=O) groups excluding carboxylic acids is 1. The summed E-state index contributed by atoms with van der Waals surface area (Å²) in [6.45, 7) is 14.3. The lowest BCUT2D eigenvalue weighted by Gasteiger charge is -2.37. The number of rotatable bonds is 1. The lowest BCUT2D eigenvalue weighted by molar-refractivity contribution is 0.0306. The van der Waals surface area contributed by atoms with E-state index in [9.17, 15) is 4.79 Å². The van der Waals surface area contributed by atoms with E-state index in [1.54, 1.807) is 12.1 Å². The zero-order chi connectivity index (χ0) is 22.1. The molecule has 3 nitrogen and oxygen atoms in total. The Morgan fingerprint density at radius 3 is 2.43 bits per heavy atom. The summed E-state index contributed by atoms with van der Waals surface area (Å²) >= 11 is 5.98. The van der Waals surface area contributed by atoms with E-state index in [2.05, 4.69) is 18.4 Å². The molecule has 0 bridgehead atoms. The van der Waals surface area contributed by atoms with Gasteiger partial charge in [-0.2, -0.15) is 0 Å². The van der Waals surface area contributed by atoms with Gasteiger partial charge >= 0.3 is 0 Å². The van der Waals surface area contributed by atoms with E-state index in [1.807, 2.05) is 26.8 Å². The molecule has 1 saturated heterocycles. The summed E-state index contributed by atoms with van der Waals surface area (Å²) in [6.07, 6.45) is 10.7. The first-order valence-corrected chi connectivity index (χ1v) is 12.2. The predicted octanol–water partition coefficient (Wildman–Crippen LogP) is 7.68. The van der Waals surface area contributed by atoms with Gasteiger partial charge in [0, 0.05) is 30.2 Å². The SMILES string of the molecule is C=C(C)N1CCCC2(CC1)CC(=O)c1cc(Cl)ccc1O2.CC.CC1CCCCC1. The van der Waals surface area contributed by atoms with Crippen molar-refractivity contribution in [1.29, 1.82) is 0 Å². The molecule has 4 rings (SSSR count). The van der Waals surface area contributed by atoms with E-state index < -0.39 is 0 Å². The molecule has 1 aromatic rings. The quantitative estimate of drug-likeness (QED) is 0.454. The fourth-order valence-corrected chi connectivity index (χ4v) is 4.77. The smallest absolute Gasteiger partial charge is 0.170 e. The third-order valence-corrected chi connectivity index (χ3v) is 6.62. The van der Waals surface area contributed by atoms with Gasteiger partial charge in [0.05, 0.1) is 12.0 Å². The maximum Gasteiger partial charge on any atom is 0.170 e. The molecule has 1 saturated carbocycles. The zero-order valence-corrected chi connectivity index (χ0v) is 20.2. The monoisotopic (exact) mass is 433 g/mol. The Bertz CT molecular complexity index is 711. The summed E-state index contributed by atoms with van der Waals surface area (Å²) in [7, 11) is 0. The Morgan fingerprint density at radius 2 is 1.83 bits per heavy atom. The average molecular weight is 434 g/mol. The molecule has 168 valence electrons. The topological polar surface area (TPSA) is 29.5 Å². The van der Waals surface area contributed by atoms with Crippen LogP contribution in [-0.2, 0) is 0 Å². The molecule has 0 N–H and O–H groups in total. The first-order chi connectivity index (χ1) is 14.4. The van der Waals surface area contributed by atoms with Crippen LogP contribution in [-0.4, -0.2) is 29.4 Å². The second kappa shape index (κ2) is 11.8. The number of Topliss-reactive ketones (excluding diaryl/α,β-unsaturated/α-hetero) is 1. The number of ether oxygens (including phenoxy) is 1. The molecular weight excluding hydrogens is 394 g/mol. The largest absolute Gasteiger partial charge is 0.486 e. The standard InChI is InChI=1S/C17H20ClNO2.C7H14.C2H6/c1-12(2)19-8-3-6-17(7-9-19)11-15(20)14-10-13(18)4-5-16(14)21-17;1-7-5-3-2-4-6-7;1-2/h4-5,10H,1,3,6-9,11H2,2H3;7H,2-6H2,1H3;1-2H3. The lowest BCUT2D eigenvalue weighted by atomic mass is 9.84. The fraction of sp³-hybridized carbons (Fsp3) is 0.654. The number of hydrogen-bond acceptors (Lipinski definition) is 3. The van der Waals surface area contributed by atoms with E-state index in [0.29, 0.717) is 22.8 Å². The number of nitrogens with zero attached hydrogens (tertiary/aromatic N) is 1. The first-order valence-electron chi connectivity index (χ1n) is 11.8. The first kappa shape index (κ1) is 24.8. The Morgan fingerprint density at radius 1 is 1.13 bits per heavy atom. The molecule has 1 spiro atoms. The van der Waals surface area contributed by atoms with E-state index >= 15 is 0 Å². The molecule has 1 aliphatic carbocycles. The highest BCUT2D eigenvalue weighted by Crippen LogP contribution is 2.40. The molecule has 0 amide bonds. The summed E-state index contributed by atoms with van der Waals surface area (Å²) in [5.41, 5.74) is 1.35. The second-order valence-corrected chi connectivity index (χ2v) is 9.28. The predicted molar refractivity (Wildman–Crippen MR) is 128 cm³/mol. The van der Waals surface area contributed by atoms with Crippen molar-refractivity contribution in [2.24, 2.45) is 5.92 Å². The molecule has 0 aromatic heterocycles. The van der Waals surface area contributed by atoms with Gasteiger partial charge in [0.2, 0.25) is 0 Å². The van der Waals surface area contributed by atoms with Crippen LogP contribution < -0.4 is 4.74 Å². The maximum atomic E-state index is 12.5. The van der Waals surface area contributed by atoms with Crippen molar-refractivity contribution >= 4 is 17.4 Å². The summed E-state index contributed by atoms with van der Waals surface area (Å²) in [5.74, 6) is 1.86. The summed E-state index contributed by atoms with van der Waals surface area (Å²) < 4.78 is 6.26. The van der Waals surface area contributed by atoms with Crippen molar-refractivity contribution in [1.82, 2.24) is 4.90 Å². The Hall–Kier alpha value is -1.48. The minimum atomic E-state index is -0.359. The van der Waals surface area contributed by atoms with Crippen molar-refractivity contribution in [2.45, 2.75) is 91.1 Å². The maximum absolute atomic E-state index is 12.5. The zero-order valence-electron chi connectivity index (χ0n) is 19.4. The van der Waals surface area contributed by atoms with Crippen LogP contribution in [0, 0.1) is 5.92 Å². The lowest BCUT2D eigenvalue weighted by Crippen LogP contribution is -2.42. The van der Waals surface area contributed by atoms with E-state index in [4.69, 9.17) is 16.3 Å². The van der Waals surface area contributed by atoms with Crippen LogP contribution in [0.3, 0.4) is 0 Å². The van der Waals surface area contributed by atoms with Crippen LogP contribution in [0.4, 0.5) is 0 Å². The third kappa shape index (κ3) is 6.77. The van der Waals surface area contributed by atoms with Crippen LogP contribution in [0.15, 0.2) is 30.5 Å². The second-order valence-electron chi connectivity index (χ2n) is 8.84. The molecule has 2 aliphatic heterocycles. The van der Waals surface area contributed by atoms with E-state index in [0.717, 1.165) is 44.0 Å². The molecule has 3 aliphatic rings. The van der Waals surface area contributed by atoms with Crippen molar-refractivity contribution in [3.63, 3.8) is 0 Å². The fourth-order valence-electron chi connectivity index (χ4n) is 4.60. The molecule has 2 heterocycles. The van der Waals surface area contributed by atoms with Crippen LogP contribution in [0.5, 0.6) is 5.75 Å². The highest BCUT2D eigenvalue weighted by molar-refractivity contribution is 6.31. The molecule has 2 fully saturated rings. The Balaban J connectivity index is 0.000000299. The van der Waals surface area contributed by atoms with Gasteiger partial charge in [0.25, 0.3) is 0 Å². The highest BCUT2D eigenvalue weighted by atomic mass is 35.5. The van der Waals surface area contributed by atoms with Crippen LogP contribution in [0.1, 0.15) is 95.8 Å². The van der Waals surface area contributed by atoms with Gasteiger partial charge in [-0.3, -0.25) is 4.79 Å². The molecule has 1 aromatic carbocycles. The Labute approximate surface area is 188 Å². The molecular formula is C26H40ClNO2. The van der Waals surface area contributed by atoms with Crippen molar-refractivity contribution < 1.29 is 9.53 Å². The van der Waals surface area contributed by atoms with Gasteiger partial charge in [-0.05, 0) is 43.9 Å². The number of likely N-dealkylation sites (tertiary alicyclic amines) is 1. The number of carbonyl (C=O) groups is 1. The summed E-state index contributed by atoms with van der Waals surface area (Å²) in [5, 5.41) is 0.580. The third-order valence-electron chi connectivity index (χ3n) is 6.38. The molecule has 4 heteroatoms. The van der Waals surface area contributed by atoms with Crippen LogP contribution in [0.25, 0.3) is 0 Å². The van der Waals surface area contributed by atoms with Crippen molar-refractivity contribution in [3.8, 4) is 5.75 Å². The number of hydrogen-bond donors (Lipinski definition) is 0. The Kier molecular flexibility index (Phi) is 9.74. The van der Waals surface area contributed by atoms with Crippen LogP contribution >= 0.6 is 11.6 Å². The molecule has 30 heavy (non-hydrogen) atoms. The van der Waals surface area contributed by atoms with Gasteiger partial charge in [-0.15, -0.1) is 0 Å². The van der Waals surface area contributed by atoms with Gasteiger partial charge in [0.15, 0.2) is 5.78 Å². The van der Waals surface area contributed by atoms with Gasteiger partial charge < -0.3 is 9.64 Å². The van der Waals surface area contributed by atoms with E-state index in [-0.39, 0.29) is 11.4 Å². The minimum Gasteiger partial charge on any atom is -0.486 e. The molecule has 0 radical (unpaired) electrons. The highest BCUT2D eigenvalue weighted by Gasteiger charge is 2.41. The summed E-state index contributed by atoms with van der Waals surface area (Å²) in [6, 6.07) is 5.31. The van der Waals surface area contributed by atoms with Gasteiger partial charge in [-0.1, -0.05) is 71.1 Å². The molecule has 1 unspecified atom stereocenters. The number of benzene rings is 1. The van der Waals surface area contributed by atoms with Crippen molar-refractivity contribution in [3.05, 3.63) is 41.1 Å². The number of ketones is 1. The number of fused-ring (bicyclic) bond motifs is 1. The van der Waals surface area contributed by atoms with Crippen molar-refractivity contribution in [2.75, 3.05) is 13.1 Å². The normalized spacial score (nSPS) is 23.8. The number of allylic oxidation sites excluding steroid dienone is 1. The summed E-state index contributed by atoms with van der Waals surface area (Å²) in [4.78, 5) is 14.7. The van der Waals surface area contributed by atoms with Gasteiger partial charge in [-0.25, -0.2) is 0 Å². The van der Waals surface area contributed by atoms with Crippen LogP contribution in [0.2, 0.25) is 5.02 Å². The molecule has 1 atom stereocenters.